The summed E-state index contributed by atoms with van der Waals surface area (Å²) in [4.78, 5) is 83.4. The number of ether oxygens (including phenoxy) is 2. The van der Waals surface area contributed by atoms with E-state index in [9.17, 15) is 37.2 Å². The van der Waals surface area contributed by atoms with Crippen LogP contribution in [0.5, 0.6) is 11.5 Å². The highest BCUT2D eigenvalue weighted by molar-refractivity contribution is 7.89. The summed E-state index contributed by atoms with van der Waals surface area (Å²) in [7, 11) is -2.08. The zero-order valence-corrected chi connectivity index (χ0v) is 33.3. The summed E-state index contributed by atoms with van der Waals surface area (Å²) < 4.78 is 47.7. The molecule has 0 radical (unpaired) electrons. The third kappa shape index (κ3) is 8.09. The van der Waals surface area contributed by atoms with E-state index in [0.29, 0.717) is 53.7 Å². The van der Waals surface area contributed by atoms with E-state index in [1.165, 1.54) is 27.1 Å². The Labute approximate surface area is 338 Å². The van der Waals surface area contributed by atoms with Crippen LogP contribution in [0.3, 0.4) is 0 Å². The number of carbonyl (C=O) groups excluding carboxylic acids is 5. The predicted octanol–water partition coefficient (Wildman–Crippen LogP) is 1.41. The average molecular weight is 830 g/mol. The van der Waals surface area contributed by atoms with E-state index in [1.807, 2.05) is 13.0 Å². The summed E-state index contributed by atoms with van der Waals surface area (Å²) in [5.41, 5.74) is 1.61. The summed E-state index contributed by atoms with van der Waals surface area (Å²) in [6.45, 7) is 2.90. The fraction of sp³-hybridized carbons (Fsp3) is 0.425. The summed E-state index contributed by atoms with van der Waals surface area (Å²) in [5, 5.41) is 5.11. The van der Waals surface area contributed by atoms with Crippen LogP contribution >= 0.6 is 0 Å². The van der Waals surface area contributed by atoms with Gasteiger partial charge in [0.05, 0.1) is 41.6 Å². The van der Waals surface area contributed by atoms with Crippen molar-refractivity contribution in [2.24, 2.45) is 13.0 Å². The van der Waals surface area contributed by atoms with Gasteiger partial charge in [-0.2, -0.15) is 4.31 Å². The Kier molecular flexibility index (Phi) is 10.8. The Morgan fingerprint density at radius 2 is 1.81 bits per heavy atom. The van der Waals surface area contributed by atoms with Crippen molar-refractivity contribution in [2.75, 3.05) is 45.1 Å². The van der Waals surface area contributed by atoms with Gasteiger partial charge in [0.15, 0.2) is 6.61 Å². The van der Waals surface area contributed by atoms with Crippen LogP contribution in [-0.4, -0.2) is 119 Å². The minimum atomic E-state index is -3.77. The molecule has 59 heavy (non-hydrogen) atoms. The Bertz CT molecular complexity index is 2550. The van der Waals surface area contributed by atoms with Crippen LogP contribution in [0.2, 0.25) is 0 Å². The topological polar surface area (TPSA) is 220 Å². The van der Waals surface area contributed by atoms with Crippen LogP contribution in [0.1, 0.15) is 59.1 Å². The zero-order valence-electron chi connectivity index (χ0n) is 32.5. The summed E-state index contributed by atoms with van der Waals surface area (Å²) in [5.74, 6) is -2.07. The van der Waals surface area contributed by atoms with Crippen molar-refractivity contribution in [1.29, 1.82) is 0 Å². The van der Waals surface area contributed by atoms with Crippen molar-refractivity contribution >= 4 is 50.5 Å². The van der Waals surface area contributed by atoms with Gasteiger partial charge in [-0.1, -0.05) is 6.07 Å². The molecule has 0 bridgehead atoms. The molecule has 3 aromatic heterocycles. The first kappa shape index (κ1) is 39.9. The third-order valence-corrected chi connectivity index (χ3v) is 12.9. The van der Waals surface area contributed by atoms with Crippen LogP contribution in [0, 0.1) is 5.92 Å². The molecule has 2 atom stereocenters. The quantitative estimate of drug-likeness (QED) is 0.172. The predicted molar refractivity (Wildman–Crippen MR) is 210 cm³/mol. The molecule has 8 rings (SSSR count). The number of nitrogens with zero attached hydrogens (tertiary/aromatic N) is 5. The molecule has 18 nitrogen and oxygen atoms in total. The number of amides is 5. The number of carbonyl (C=O) groups is 5. The summed E-state index contributed by atoms with van der Waals surface area (Å²) in [6.07, 6.45) is 7.32. The first-order chi connectivity index (χ1) is 28.3. The maximum absolute atomic E-state index is 13.4. The van der Waals surface area contributed by atoms with Gasteiger partial charge in [0.25, 0.3) is 23.3 Å². The van der Waals surface area contributed by atoms with Crippen LogP contribution in [0.25, 0.3) is 22.1 Å². The number of imide groups is 2. The Hall–Kier alpha value is -5.92. The van der Waals surface area contributed by atoms with Gasteiger partial charge < -0.3 is 23.8 Å². The van der Waals surface area contributed by atoms with Gasteiger partial charge in [-0.25, -0.2) is 8.42 Å². The number of rotatable bonds is 14. The monoisotopic (exact) mass is 829 g/mol. The molecule has 2 N–H and O–H groups in total. The fourth-order valence-electron chi connectivity index (χ4n) is 7.68. The van der Waals surface area contributed by atoms with E-state index in [4.69, 9.17) is 13.9 Å². The largest absolute Gasteiger partial charge is 0.491 e. The number of benzene rings is 1. The molecule has 1 saturated carbocycles. The number of furan rings is 1. The van der Waals surface area contributed by atoms with Crippen LogP contribution < -0.4 is 25.7 Å². The van der Waals surface area contributed by atoms with Crippen LogP contribution in [0.4, 0.5) is 0 Å². The highest BCUT2D eigenvalue weighted by Crippen LogP contribution is 2.37. The van der Waals surface area contributed by atoms with E-state index in [2.05, 4.69) is 20.5 Å². The second-order valence-corrected chi connectivity index (χ2v) is 17.4. The molecule has 3 aliphatic heterocycles. The molecular weight excluding hydrogens is 787 g/mol. The number of piperidine rings is 1. The van der Waals surface area contributed by atoms with Gasteiger partial charge in [0.1, 0.15) is 28.9 Å². The summed E-state index contributed by atoms with van der Waals surface area (Å²) >= 11 is 0. The molecular formula is C40H43N7O11S. The maximum atomic E-state index is 13.4. The third-order valence-electron chi connectivity index (χ3n) is 11.1. The molecule has 2 saturated heterocycles. The van der Waals surface area contributed by atoms with Gasteiger partial charge in [-0.05, 0) is 56.4 Å². The van der Waals surface area contributed by atoms with E-state index in [-0.39, 0.29) is 66.7 Å². The highest BCUT2D eigenvalue weighted by atomic mass is 32.2. The van der Waals surface area contributed by atoms with Crippen molar-refractivity contribution in [3.63, 3.8) is 0 Å². The number of nitrogens with one attached hydrogen (secondary N) is 2. The van der Waals surface area contributed by atoms with Gasteiger partial charge in [0, 0.05) is 69.2 Å². The Morgan fingerprint density at radius 3 is 2.58 bits per heavy atom. The van der Waals surface area contributed by atoms with E-state index < -0.39 is 52.2 Å². The van der Waals surface area contributed by atoms with Crippen molar-refractivity contribution < 1.29 is 46.3 Å². The number of pyridine rings is 2. The molecule has 5 amide bonds. The Morgan fingerprint density at radius 1 is 1.00 bits per heavy atom. The molecule has 19 heteroatoms. The first-order valence-electron chi connectivity index (χ1n) is 19.4. The van der Waals surface area contributed by atoms with E-state index in [0.717, 1.165) is 23.3 Å². The van der Waals surface area contributed by atoms with E-state index >= 15 is 0 Å². The molecule has 1 aliphatic carbocycles. The van der Waals surface area contributed by atoms with E-state index in [1.54, 1.807) is 31.7 Å². The number of hydrogen-bond donors (Lipinski definition) is 2. The number of aryl methyl sites for hydroxylation is 1. The SMILES string of the molecule is C[C@@H]1CN(S(=O)(=O)CCNC(=O)COc2cccc3c2C(=O)N(C2CCC(=O)NC2=O)C3=O)CCN1Cc1cc2c(=O)n(C)cc(-c3ccncc3OCC3CC3)c2o1. The lowest BCUT2D eigenvalue weighted by Crippen LogP contribution is -2.54. The molecule has 4 aliphatic rings. The van der Waals surface area contributed by atoms with Gasteiger partial charge in [0.2, 0.25) is 21.8 Å². The lowest BCUT2D eigenvalue weighted by molar-refractivity contribution is -0.136. The Balaban J connectivity index is 0.846. The summed E-state index contributed by atoms with van der Waals surface area (Å²) in [6, 6.07) is 6.51. The second-order valence-electron chi connectivity index (χ2n) is 15.3. The van der Waals surface area contributed by atoms with Gasteiger partial charge in [-0.15, -0.1) is 0 Å². The lowest BCUT2D eigenvalue weighted by Gasteiger charge is -2.38. The van der Waals surface area contributed by atoms with Gasteiger partial charge >= 0.3 is 0 Å². The van der Waals surface area contributed by atoms with Crippen molar-refractivity contribution in [2.45, 2.75) is 51.2 Å². The fourth-order valence-corrected chi connectivity index (χ4v) is 9.10. The molecule has 4 aromatic rings. The number of piperazine rings is 1. The minimum Gasteiger partial charge on any atom is -0.491 e. The highest BCUT2D eigenvalue weighted by Gasteiger charge is 2.46. The van der Waals surface area contributed by atoms with Crippen LogP contribution in [-0.2, 0) is 38.0 Å². The number of aromatic nitrogens is 2. The molecule has 310 valence electrons. The minimum absolute atomic E-state index is 0.000169. The first-order valence-corrected chi connectivity index (χ1v) is 21.0. The standard InChI is InChI=1S/C40H43N7O11S/c1-23-18-46(14-13-45(23)19-25-16-28-36(58-25)29(20-44(2)38(28)51)26-10-11-41-17-32(26)56-21-24-6-7-24)59(54,55)15-12-42-34(49)22-57-31-5-3-4-27-35(31)40(53)47(39(27)52)30-8-9-33(48)43-37(30)50/h3-5,10-11,16-17,20,23-24,30H,6-9,12-15,18-19,21-22H2,1-2H3,(H,42,49)(H,43,48,50)/t23-,30?/m1/s1. The van der Waals surface area contributed by atoms with Gasteiger partial charge in [-0.3, -0.25) is 48.9 Å². The number of hydrogen-bond acceptors (Lipinski definition) is 13. The molecule has 0 spiro atoms. The maximum Gasteiger partial charge on any atom is 0.266 e. The number of fused-ring (bicyclic) bond motifs is 2. The zero-order chi connectivity index (χ0) is 41.6. The number of sulfonamides is 1. The van der Waals surface area contributed by atoms with Crippen molar-refractivity contribution in [3.8, 4) is 22.6 Å². The second kappa shape index (κ2) is 16.0. The normalized spacial score (nSPS) is 20.2. The molecule has 6 heterocycles. The smallest absolute Gasteiger partial charge is 0.266 e. The van der Waals surface area contributed by atoms with Crippen molar-refractivity contribution in [1.82, 2.24) is 34.3 Å². The van der Waals surface area contributed by atoms with Crippen molar-refractivity contribution in [3.05, 3.63) is 76.2 Å². The molecule has 3 fully saturated rings. The lowest BCUT2D eigenvalue weighted by atomic mass is 10.0. The van der Waals surface area contributed by atoms with Crippen LogP contribution in [0.15, 0.2) is 58.1 Å². The average Bonchev–Trinajstić information content (AvgIpc) is 3.89. The molecule has 1 unspecified atom stereocenters. The molecule has 1 aromatic carbocycles.